The van der Waals surface area contributed by atoms with Gasteiger partial charge < -0.3 is 10.1 Å². The number of esters is 1. The second-order valence-corrected chi connectivity index (χ2v) is 4.26. The zero-order valence-corrected chi connectivity index (χ0v) is 8.22. The third-order valence-electron chi connectivity index (χ3n) is 1.63. The van der Waals surface area contributed by atoms with Gasteiger partial charge in [-0.3, -0.25) is 9.59 Å². The molecule has 0 aromatic carbocycles. The molecular weight excluding hydrogens is 170 g/mol. The van der Waals surface area contributed by atoms with Crippen molar-refractivity contribution in [1.82, 2.24) is 5.32 Å². The quantitative estimate of drug-likeness (QED) is 0.506. The van der Waals surface area contributed by atoms with E-state index in [2.05, 4.69) is 5.32 Å². The van der Waals surface area contributed by atoms with Gasteiger partial charge in [-0.1, -0.05) is 0 Å². The summed E-state index contributed by atoms with van der Waals surface area (Å²) in [4.78, 5) is 21.7. The lowest BCUT2D eigenvalue weighted by atomic mass is 10.0. The summed E-state index contributed by atoms with van der Waals surface area (Å²) in [6, 6.07) is -0.0117. The van der Waals surface area contributed by atoms with E-state index in [1.807, 2.05) is 20.8 Å². The van der Waals surface area contributed by atoms with Crippen LogP contribution in [-0.4, -0.2) is 23.5 Å². The van der Waals surface area contributed by atoms with Gasteiger partial charge in [-0.25, -0.2) is 0 Å². The number of β-lactam (4-membered cyclic amide) rings is 1. The third kappa shape index (κ3) is 3.44. The highest BCUT2D eigenvalue weighted by molar-refractivity contribution is 5.85. The van der Waals surface area contributed by atoms with Crippen molar-refractivity contribution in [1.29, 1.82) is 0 Å². The third-order valence-corrected chi connectivity index (χ3v) is 1.63. The molecule has 0 saturated carbocycles. The van der Waals surface area contributed by atoms with Gasteiger partial charge in [0.05, 0.1) is 6.42 Å². The molecule has 1 aliphatic rings. The van der Waals surface area contributed by atoms with Gasteiger partial charge in [0.1, 0.15) is 5.60 Å². The van der Waals surface area contributed by atoms with E-state index in [4.69, 9.17) is 4.74 Å². The fraction of sp³-hybridized carbons (Fsp3) is 0.778. The van der Waals surface area contributed by atoms with Crippen molar-refractivity contribution in [2.24, 2.45) is 0 Å². The molecule has 0 bridgehead atoms. The van der Waals surface area contributed by atoms with E-state index in [0.29, 0.717) is 6.42 Å². The Balaban J connectivity index is 2.22. The molecule has 74 valence electrons. The molecule has 1 N–H and O–H groups in total. The fourth-order valence-corrected chi connectivity index (χ4v) is 1.14. The SMILES string of the molecule is CC(C)(C)OC(=O)CC1CC(=O)N1. The van der Waals surface area contributed by atoms with Crippen LogP contribution in [0, 0.1) is 0 Å². The van der Waals surface area contributed by atoms with Gasteiger partial charge in [0.2, 0.25) is 5.91 Å². The van der Waals surface area contributed by atoms with E-state index < -0.39 is 5.60 Å². The molecule has 0 aliphatic carbocycles. The van der Waals surface area contributed by atoms with Crippen molar-refractivity contribution in [3.8, 4) is 0 Å². The molecule has 1 heterocycles. The number of nitrogens with one attached hydrogen (secondary N) is 1. The summed E-state index contributed by atoms with van der Waals surface area (Å²) in [6.07, 6.45) is 0.724. The topological polar surface area (TPSA) is 55.4 Å². The minimum Gasteiger partial charge on any atom is -0.460 e. The first kappa shape index (κ1) is 10.0. The molecule has 4 nitrogen and oxygen atoms in total. The van der Waals surface area contributed by atoms with Gasteiger partial charge in [-0.15, -0.1) is 0 Å². The Labute approximate surface area is 77.6 Å². The lowest BCUT2D eigenvalue weighted by molar-refractivity contribution is -0.156. The molecule has 0 aromatic heterocycles. The van der Waals surface area contributed by atoms with Crippen LogP contribution in [0.5, 0.6) is 0 Å². The van der Waals surface area contributed by atoms with Gasteiger partial charge in [0, 0.05) is 12.5 Å². The number of carbonyl (C=O) groups is 2. The molecule has 1 amide bonds. The summed E-state index contributed by atoms with van der Waals surface area (Å²) in [6.45, 7) is 5.47. The first-order valence-electron chi connectivity index (χ1n) is 4.38. The first-order chi connectivity index (χ1) is 5.87. The Hall–Kier alpha value is -1.06. The van der Waals surface area contributed by atoms with Crippen molar-refractivity contribution < 1.29 is 14.3 Å². The Kier molecular flexibility index (Phi) is 2.59. The second-order valence-electron chi connectivity index (χ2n) is 4.26. The van der Waals surface area contributed by atoms with Crippen molar-refractivity contribution in [2.45, 2.75) is 45.3 Å². The van der Waals surface area contributed by atoms with Gasteiger partial charge in [-0.05, 0) is 20.8 Å². The van der Waals surface area contributed by atoms with Crippen molar-refractivity contribution in [3.05, 3.63) is 0 Å². The maximum Gasteiger partial charge on any atom is 0.308 e. The largest absolute Gasteiger partial charge is 0.460 e. The van der Waals surface area contributed by atoms with Crippen LogP contribution < -0.4 is 5.32 Å². The monoisotopic (exact) mass is 185 g/mol. The number of hydrogen-bond donors (Lipinski definition) is 1. The van der Waals surface area contributed by atoms with Gasteiger partial charge in [0.25, 0.3) is 0 Å². The number of rotatable bonds is 2. The normalized spacial score (nSPS) is 21.8. The number of hydrogen-bond acceptors (Lipinski definition) is 3. The van der Waals surface area contributed by atoms with Crippen LogP contribution >= 0.6 is 0 Å². The van der Waals surface area contributed by atoms with Crippen molar-refractivity contribution in [2.75, 3.05) is 0 Å². The molecule has 1 aliphatic heterocycles. The van der Waals surface area contributed by atoms with Crippen LogP contribution in [-0.2, 0) is 14.3 Å². The highest BCUT2D eigenvalue weighted by atomic mass is 16.6. The smallest absolute Gasteiger partial charge is 0.308 e. The minimum atomic E-state index is -0.440. The average Bonchev–Trinajstić information content (AvgIpc) is 1.79. The molecule has 1 saturated heterocycles. The molecule has 0 radical (unpaired) electrons. The van der Waals surface area contributed by atoms with Crippen LogP contribution in [0.3, 0.4) is 0 Å². The molecule has 0 spiro atoms. The Morgan fingerprint density at radius 1 is 1.62 bits per heavy atom. The predicted molar refractivity (Wildman–Crippen MR) is 47.0 cm³/mol. The molecule has 4 heteroatoms. The standard InChI is InChI=1S/C9H15NO3/c1-9(2,3)13-8(12)5-6-4-7(11)10-6/h6H,4-5H2,1-3H3,(H,10,11). The Morgan fingerprint density at radius 2 is 2.15 bits per heavy atom. The van der Waals surface area contributed by atoms with E-state index in [1.165, 1.54) is 0 Å². The highest BCUT2D eigenvalue weighted by Gasteiger charge is 2.29. The Morgan fingerprint density at radius 3 is 2.54 bits per heavy atom. The molecule has 1 unspecified atom stereocenters. The highest BCUT2D eigenvalue weighted by Crippen LogP contribution is 2.13. The van der Waals surface area contributed by atoms with E-state index in [0.717, 1.165) is 0 Å². The summed E-state index contributed by atoms with van der Waals surface area (Å²) >= 11 is 0. The van der Waals surface area contributed by atoms with Crippen LogP contribution in [0.2, 0.25) is 0 Å². The fourth-order valence-electron chi connectivity index (χ4n) is 1.14. The van der Waals surface area contributed by atoms with Crippen molar-refractivity contribution in [3.63, 3.8) is 0 Å². The lowest BCUT2D eigenvalue weighted by Crippen LogP contribution is -2.49. The molecular formula is C9H15NO3. The van der Waals surface area contributed by atoms with Crippen molar-refractivity contribution >= 4 is 11.9 Å². The Bertz CT molecular complexity index is 222. The van der Waals surface area contributed by atoms with Gasteiger partial charge in [0.15, 0.2) is 0 Å². The summed E-state index contributed by atoms with van der Waals surface area (Å²) in [5, 5.41) is 2.62. The molecule has 13 heavy (non-hydrogen) atoms. The second kappa shape index (κ2) is 3.36. The zero-order valence-electron chi connectivity index (χ0n) is 8.22. The predicted octanol–water partition coefficient (Wildman–Crippen LogP) is 0.607. The summed E-state index contributed by atoms with van der Waals surface area (Å²) in [5.41, 5.74) is -0.440. The summed E-state index contributed by atoms with van der Waals surface area (Å²) in [5.74, 6) is -0.244. The van der Waals surface area contributed by atoms with Gasteiger partial charge in [-0.2, -0.15) is 0 Å². The van der Waals surface area contributed by atoms with Crippen LogP contribution in [0.25, 0.3) is 0 Å². The maximum absolute atomic E-state index is 11.2. The number of ether oxygens (including phenoxy) is 1. The van der Waals surface area contributed by atoms with E-state index in [9.17, 15) is 9.59 Å². The maximum atomic E-state index is 11.2. The van der Waals surface area contributed by atoms with E-state index in [-0.39, 0.29) is 24.3 Å². The summed E-state index contributed by atoms with van der Waals surface area (Å²) in [7, 11) is 0. The van der Waals surface area contributed by atoms with E-state index >= 15 is 0 Å². The minimum absolute atomic E-state index is 0.00792. The lowest BCUT2D eigenvalue weighted by Gasteiger charge is -2.27. The van der Waals surface area contributed by atoms with Crippen LogP contribution in [0.15, 0.2) is 0 Å². The first-order valence-corrected chi connectivity index (χ1v) is 4.38. The van der Waals surface area contributed by atoms with Gasteiger partial charge >= 0.3 is 5.97 Å². The summed E-state index contributed by atoms with van der Waals surface area (Å²) < 4.78 is 5.09. The number of carbonyl (C=O) groups excluding carboxylic acids is 2. The van der Waals surface area contributed by atoms with Crippen LogP contribution in [0.4, 0.5) is 0 Å². The molecule has 1 rings (SSSR count). The molecule has 1 fully saturated rings. The van der Waals surface area contributed by atoms with Crippen LogP contribution in [0.1, 0.15) is 33.6 Å². The van der Waals surface area contributed by atoms with E-state index in [1.54, 1.807) is 0 Å². The average molecular weight is 185 g/mol. The zero-order chi connectivity index (χ0) is 10.1. The molecule has 0 aromatic rings. The molecule has 1 atom stereocenters. The number of amides is 1.